The number of nitrogens with one attached hydrogen (secondary N) is 2. The predicted molar refractivity (Wildman–Crippen MR) is 80.7 cm³/mol. The van der Waals surface area contributed by atoms with E-state index in [1.807, 2.05) is 32.0 Å². The molecule has 0 unspecified atom stereocenters. The van der Waals surface area contributed by atoms with Crippen LogP contribution >= 0.6 is 23.2 Å². The molecule has 0 spiro atoms. The monoisotopic (exact) mass is 296 g/mol. The van der Waals surface area contributed by atoms with Crippen molar-refractivity contribution in [2.45, 2.75) is 13.8 Å². The number of nitrogens with zero attached hydrogens (tertiary/aromatic N) is 2. The van der Waals surface area contributed by atoms with E-state index in [4.69, 9.17) is 23.2 Å². The van der Waals surface area contributed by atoms with Crippen LogP contribution < -0.4 is 10.6 Å². The predicted octanol–water partition coefficient (Wildman–Crippen LogP) is 4.27. The van der Waals surface area contributed by atoms with Gasteiger partial charge in [0.15, 0.2) is 0 Å². The number of hydrogen-bond acceptors (Lipinski definition) is 4. The third-order valence-corrected chi connectivity index (χ3v) is 3.22. The fraction of sp³-hybridized carbons (Fsp3) is 0.231. The van der Waals surface area contributed by atoms with Crippen LogP contribution in [-0.2, 0) is 0 Å². The summed E-state index contributed by atoms with van der Waals surface area (Å²) in [5, 5.41) is 7.21. The summed E-state index contributed by atoms with van der Waals surface area (Å²) < 4.78 is 0. The molecule has 0 saturated carbocycles. The van der Waals surface area contributed by atoms with E-state index in [0.29, 0.717) is 21.8 Å². The largest absolute Gasteiger partial charge is 0.354 e. The van der Waals surface area contributed by atoms with Gasteiger partial charge in [0.2, 0.25) is 5.95 Å². The average Bonchev–Trinajstić information content (AvgIpc) is 2.35. The Morgan fingerprint density at radius 2 is 2.00 bits per heavy atom. The van der Waals surface area contributed by atoms with Gasteiger partial charge in [0, 0.05) is 18.3 Å². The summed E-state index contributed by atoms with van der Waals surface area (Å²) in [5.41, 5.74) is 1.58. The molecule has 0 amide bonds. The van der Waals surface area contributed by atoms with E-state index in [0.717, 1.165) is 17.9 Å². The van der Waals surface area contributed by atoms with E-state index in [-0.39, 0.29) is 0 Å². The molecule has 0 radical (unpaired) electrons. The Morgan fingerprint density at radius 1 is 1.21 bits per heavy atom. The molecular weight excluding hydrogens is 283 g/mol. The Bertz CT molecular complexity index is 587. The van der Waals surface area contributed by atoms with Gasteiger partial charge in [-0.1, -0.05) is 29.3 Å². The van der Waals surface area contributed by atoms with Crippen molar-refractivity contribution in [1.29, 1.82) is 0 Å². The zero-order chi connectivity index (χ0) is 13.8. The molecule has 0 bridgehead atoms. The number of hydrogen-bond donors (Lipinski definition) is 2. The van der Waals surface area contributed by atoms with Crippen LogP contribution in [0, 0.1) is 6.92 Å². The second-order valence-electron chi connectivity index (χ2n) is 3.97. The summed E-state index contributed by atoms with van der Waals surface area (Å²) >= 11 is 12.1. The van der Waals surface area contributed by atoms with Crippen LogP contribution in [0.15, 0.2) is 24.3 Å². The number of halogens is 2. The normalized spacial score (nSPS) is 10.3. The molecule has 4 nitrogen and oxygen atoms in total. The molecule has 1 aromatic heterocycles. The molecular formula is C13H14Cl2N4. The fourth-order valence-corrected chi connectivity index (χ4v) is 1.96. The van der Waals surface area contributed by atoms with Gasteiger partial charge in [-0.15, -0.1) is 0 Å². The highest BCUT2D eigenvalue weighted by Crippen LogP contribution is 2.31. The SMILES string of the molecule is CCNc1nc(C)cc(Nc2cccc(Cl)c2Cl)n1. The van der Waals surface area contributed by atoms with Gasteiger partial charge in [-0.2, -0.15) is 4.98 Å². The van der Waals surface area contributed by atoms with Crippen LogP contribution in [0.1, 0.15) is 12.6 Å². The van der Waals surface area contributed by atoms with Gasteiger partial charge in [-0.25, -0.2) is 4.98 Å². The lowest BCUT2D eigenvalue weighted by atomic mass is 10.3. The minimum Gasteiger partial charge on any atom is -0.354 e. The number of benzene rings is 1. The summed E-state index contributed by atoms with van der Waals surface area (Å²) in [6.07, 6.45) is 0. The second-order valence-corrected chi connectivity index (χ2v) is 4.76. The van der Waals surface area contributed by atoms with E-state index in [2.05, 4.69) is 20.6 Å². The highest BCUT2D eigenvalue weighted by Gasteiger charge is 2.07. The maximum atomic E-state index is 6.13. The first-order chi connectivity index (χ1) is 9.10. The maximum Gasteiger partial charge on any atom is 0.224 e. The first-order valence-corrected chi connectivity index (χ1v) is 6.66. The van der Waals surface area contributed by atoms with Gasteiger partial charge in [-0.3, -0.25) is 0 Å². The van der Waals surface area contributed by atoms with E-state index < -0.39 is 0 Å². The van der Waals surface area contributed by atoms with Crippen LogP contribution in [0.3, 0.4) is 0 Å². The van der Waals surface area contributed by atoms with Gasteiger partial charge in [-0.05, 0) is 26.0 Å². The van der Waals surface area contributed by atoms with Crippen LogP contribution in [0.25, 0.3) is 0 Å². The van der Waals surface area contributed by atoms with Crippen molar-refractivity contribution in [3.05, 3.63) is 40.0 Å². The molecule has 0 fully saturated rings. The van der Waals surface area contributed by atoms with Crippen molar-refractivity contribution >= 4 is 40.7 Å². The zero-order valence-corrected chi connectivity index (χ0v) is 12.2. The molecule has 100 valence electrons. The molecule has 0 atom stereocenters. The molecule has 1 heterocycles. The van der Waals surface area contributed by atoms with Crippen LogP contribution in [0.4, 0.5) is 17.5 Å². The first-order valence-electron chi connectivity index (χ1n) is 5.90. The number of anilines is 3. The van der Waals surface area contributed by atoms with Gasteiger partial charge >= 0.3 is 0 Å². The summed E-state index contributed by atoms with van der Waals surface area (Å²) in [4.78, 5) is 8.64. The van der Waals surface area contributed by atoms with E-state index in [1.54, 1.807) is 6.07 Å². The van der Waals surface area contributed by atoms with Crippen LogP contribution in [0.5, 0.6) is 0 Å². The lowest BCUT2D eigenvalue weighted by Crippen LogP contribution is -2.05. The topological polar surface area (TPSA) is 49.8 Å². The molecule has 0 aliphatic carbocycles. The standard InChI is InChI=1S/C13H14Cl2N4/c1-3-16-13-17-8(2)7-11(19-13)18-10-6-4-5-9(14)12(10)15/h4-7H,3H2,1-2H3,(H2,16,17,18,19). The van der Waals surface area contributed by atoms with Gasteiger partial charge in [0.1, 0.15) is 5.82 Å². The first kappa shape index (κ1) is 13.9. The molecule has 19 heavy (non-hydrogen) atoms. The van der Waals surface area contributed by atoms with E-state index in [9.17, 15) is 0 Å². The quantitative estimate of drug-likeness (QED) is 0.885. The lowest BCUT2D eigenvalue weighted by Gasteiger charge is -2.10. The van der Waals surface area contributed by atoms with E-state index >= 15 is 0 Å². The van der Waals surface area contributed by atoms with Crippen LogP contribution in [-0.4, -0.2) is 16.5 Å². The summed E-state index contributed by atoms with van der Waals surface area (Å²) in [7, 11) is 0. The molecule has 0 aliphatic rings. The smallest absolute Gasteiger partial charge is 0.224 e. The van der Waals surface area contributed by atoms with Crippen molar-refractivity contribution in [2.75, 3.05) is 17.2 Å². The van der Waals surface area contributed by atoms with Crippen molar-refractivity contribution < 1.29 is 0 Å². The maximum absolute atomic E-state index is 6.13. The zero-order valence-electron chi connectivity index (χ0n) is 10.7. The van der Waals surface area contributed by atoms with E-state index in [1.165, 1.54) is 0 Å². The minimum absolute atomic E-state index is 0.477. The highest BCUT2D eigenvalue weighted by molar-refractivity contribution is 6.43. The second kappa shape index (κ2) is 6.08. The Balaban J connectivity index is 2.30. The Kier molecular flexibility index (Phi) is 4.45. The summed E-state index contributed by atoms with van der Waals surface area (Å²) in [5.74, 6) is 1.26. The number of rotatable bonds is 4. The number of aryl methyl sites for hydroxylation is 1. The third-order valence-electron chi connectivity index (χ3n) is 2.40. The number of aromatic nitrogens is 2. The van der Waals surface area contributed by atoms with Crippen molar-refractivity contribution in [1.82, 2.24) is 9.97 Å². The Labute approximate surface area is 122 Å². The Hall–Kier alpha value is -1.52. The molecule has 2 rings (SSSR count). The third kappa shape index (κ3) is 3.49. The van der Waals surface area contributed by atoms with Gasteiger partial charge in [0.05, 0.1) is 15.7 Å². The summed E-state index contributed by atoms with van der Waals surface area (Å²) in [6.45, 7) is 4.67. The highest BCUT2D eigenvalue weighted by atomic mass is 35.5. The van der Waals surface area contributed by atoms with Crippen LogP contribution in [0.2, 0.25) is 10.0 Å². The van der Waals surface area contributed by atoms with Crippen molar-refractivity contribution in [2.24, 2.45) is 0 Å². The van der Waals surface area contributed by atoms with Gasteiger partial charge < -0.3 is 10.6 Å². The molecule has 0 saturated heterocycles. The lowest BCUT2D eigenvalue weighted by molar-refractivity contribution is 1.05. The Morgan fingerprint density at radius 3 is 2.74 bits per heavy atom. The fourth-order valence-electron chi connectivity index (χ4n) is 1.61. The van der Waals surface area contributed by atoms with Crippen molar-refractivity contribution in [3.8, 4) is 0 Å². The molecule has 2 N–H and O–H groups in total. The molecule has 6 heteroatoms. The average molecular weight is 297 g/mol. The summed E-state index contributed by atoms with van der Waals surface area (Å²) in [6, 6.07) is 7.26. The van der Waals surface area contributed by atoms with Gasteiger partial charge in [0.25, 0.3) is 0 Å². The minimum atomic E-state index is 0.477. The molecule has 1 aromatic carbocycles. The molecule has 2 aromatic rings. The molecule has 0 aliphatic heterocycles. The van der Waals surface area contributed by atoms with Crippen molar-refractivity contribution in [3.63, 3.8) is 0 Å².